The van der Waals surface area contributed by atoms with Crippen molar-refractivity contribution in [3.8, 4) is 6.07 Å². The highest BCUT2D eigenvalue weighted by atomic mass is 16.4. The van der Waals surface area contributed by atoms with Crippen LogP contribution in [-0.4, -0.2) is 11.1 Å². The lowest BCUT2D eigenvalue weighted by molar-refractivity contribution is 0.0695. The lowest BCUT2D eigenvalue weighted by Gasteiger charge is -2.05. The van der Waals surface area contributed by atoms with E-state index in [9.17, 15) is 4.79 Å². The molecule has 0 spiro atoms. The minimum Gasteiger partial charge on any atom is -0.478 e. The zero-order chi connectivity index (χ0) is 33.2. The van der Waals surface area contributed by atoms with E-state index in [0.717, 1.165) is 39.1 Å². The van der Waals surface area contributed by atoms with Crippen LogP contribution in [0, 0.1) is 101 Å². The van der Waals surface area contributed by atoms with Crippen LogP contribution in [0.3, 0.4) is 0 Å². The first-order chi connectivity index (χ1) is 19.9. The summed E-state index contributed by atoms with van der Waals surface area (Å²) in [5.41, 5.74) is 23.3. The van der Waals surface area contributed by atoms with Crippen molar-refractivity contribution in [3.63, 3.8) is 0 Å². The van der Waals surface area contributed by atoms with Crippen molar-refractivity contribution in [2.45, 2.75) is 97.4 Å². The number of carbonyl (C=O) groups is 1. The van der Waals surface area contributed by atoms with Crippen LogP contribution >= 0.6 is 0 Å². The number of carboxylic acid groups (broad SMARTS) is 1. The van der Waals surface area contributed by atoms with Crippen LogP contribution in [-0.2, 0) is 0 Å². The lowest BCUT2D eigenvalue weighted by atomic mass is 10.0. The first kappa shape index (κ1) is 39.6. The second-order valence-electron chi connectivity index (χ2n) is 11.8. The number of carboxylic acids is 1. The summed E-state index contributed by atoms with van der Waals surface area (Å²) in [7, 11) is 0. The third kappa shape index (κ3) is 11.7. The minimum absolute atomic E-state index is 0. The molecule has 4 nitrogen and oxygen atoms in total. The van der Waals surface area contributed by atoms with E-state index in [1.165, 1.54) is 44.5 Å². The fourth-order valence-corrected chi connectivity index (χ4v) is 5.32. The molecule has 0 aliphatic heterocycles. The first-order valence-corrected chi connectivity index (χ1v) is 14.6. The van der Waals surface area contributed by atoms with Gasteiger partial charge in [-0.3, -0.25) is 0 Å². The number of benzene rings is 4. The number of aryl methyl sites for hydroxylation is 12. The maximum absolute atomic E-state index is 10.8. The van der Waals surface area contributed by atoms with E-state index in [-0.39, 0.29) is 7.43 Å². The molecule has 0 atom stereocenters. The van der Waals surface area contributed by atoms with Crippen molar-refractivity contribution in [1.29, 1.82) is 5.26 Å². The molecule has 44 heavy (non-hydrogen) atoms. The monoisotopic (exact) mass is 594 g/mol. The largest absolute Gasteiger partial charge is 0.478 e. The summed E-state index contributed by atoms with van der Waals surface area (Å²) < 4.78 is 0. The van der Waals surface area contributed by atoms with Gasteiger partial charge in [-0.2, -0.15) is 5.26 Å². The maximum atomic E-state index is 10.8. The Hall–Kier alpha value is -4.36. The highest BCUT2D eigenvalue weighted by Gasteiger charge is 2.10. The van der Waals surface area contributed by atoms with Crippen LogP contribution in [0.5, 0.6) is 0 Å². The van der Waals surface area contributed by atoms with E-state index in [2.05, 4.69) is 65.0 Å². The first-order valence-electron chi connectivity index (χ1n) is 14.6. The molecule has 3 N–H and O–H groups in total. The van der Waals surface area contributed by atoms with Crippen molar-refractivity contribution < 1.29 is 9.90 Å². The normalized spacial score (nSPS) is 9.55. The fourth-order valence-electron chi connectivity index (χ4n) is 5.32. The Labute approximate surface area is 267 Å². The Morgan fingerprint density at radius 3 is 1.11 bits per heavy atom. The van der Waals surface area contributed by atoms with Gasteiger partial charge in [0.05, 0.1) is 17.2 Å². The molecule has 4 aromatic rings. The summed E-state index contributed by atoms with van der Waals surface area (Å²) in [4.78, 5) is 10.8. The SMILES string of the molecule is C.Cc1cc(C)c(C#N)c(C)c1.Cc1cc(C)c(C(=O)O)c(C)c1.Cc1cc(C)c(C)c(C)c1.Cc1cc(C)c(N)c(C)c1. The number of hydrogen-bond acceptors (Lipinski definition) is 3. The Bertz CT molecular complexity index is 1490. The lowest BCUT2D eigenvalue weighted by Crippen LogP contribution is -2.03. The van der Waals surface area contributed by atoms with Gasteiger partial charge in [-0.05, 0) is 140 Å². The van der Waals surface area contributed by atoms with Gasteiger partial charge in [0.15, 0.2) is 0 Å². The molecule has 0 aromatic heterocycles. The van der Waals surface area contributed by atoms with Gasteiger partial charge in [-0.25, -0.2) is 4.79 Å². The number of rotatable bonds is 1. The summed E-state index contributed by atoms with van der Waals surface area (Å²) in [6.07, 6.45) is 0. The van der Waals surface area contributed by atoms with Crippen LogP contribution in [0.25, 0.3) is 0 Å². The fraction of sp³-hybridized carbons (Fsp3) is 0.350. The standard InChI is InChI=1S/C10H11N.C10H12O2.C10H14.C9H13N.CH4/c1-7-4-8(2)10(6-11)9(3)5-7;1-6-4-7(2)9(10(11)12)8(3)5-6;1-7-5-8(2)10(4)9(3)6-7;1-6-4-7(2)9(10)8(3)5-6;/h4-5H,1-3H3;4-5H,1-3H3,(H,11,12);5-6H,1-4H3;4-5H,10H2,1-3H3;1H4. The molecule has 4 aromatic carbocycles. The number of anilines is 1. The highest BCUT2D eigenvalue weighted by molar-refractivity contribution is 5.91. The summed E-state index contributed by atoms with van der Waals surface area (Å²) in [6, 6.07) is 18.7. The van der Waals surface area contributed by atoms with E-state index >= 15 is 0 Å². The zero-order valence-electron chi connectivity index (χ0n) is 28.5. The summed E-state index contributed by atoms with van der Waals surface area (Å²) in [5, 5.41) is 17.6. The number of nitriles is 1. The number of hydrogen-bond donors (Lipinski definition) is 2. The predicted molar refractivity (Wildman–Crippen MR) is 190 cm³/mol. The molecule has 0 amide bonds. The average molecular weight is 595 g/mol. The van der Waals surface area contributed by atoms with Crippen molar-refractivity contribution in [3.05, 3.63) is 132 Å². The van der Waals surface area contributed by atoms with Crippen LogP contribution in [0.4, 0.5) is 5.69 Å². The van der Waals surface area contributed by atoms with Gasteiger partial charge in [0.25, 0.3) is 0 Å². The Morgan fingerprint density at radius 2 is 0.818 bits per heavy atom. The summed E-state index contributed by atoms with van der Waals surface area (Å²) in [6.45, 7) is 26.4. The number of nitrogens with zero attached hydrogens (tertiary/aromatic N) is 1. The van der Waals surface area contributed by atoms with Crippen LogP contribution < -0.4 is 5.73 Å². The van der Waals surface area contributed by atoms with E-state index in [4.69, 9.17) is 16.1 Å². The topological polar surface area (TPSA) is 87.1 Å². The third-order valence-corrected chi connectivity index (χ3v) is 7.49. The molecule has 0 heterocycles. The molecule has 0 fully saturated rings. The molecular formula is C40H54N2O2. The van der Waals surface area contributed by atoms with Crippen molar-refractivity contribution in [2.75, 3.05) is 5.73 Å². The van der Waals surface area contributed by atoms with Gasteiger partial charge < -0.3 is 10.8 Å². The molecule has 0 aliphatic carbocycles. The molecular weight excluding hydrogens is 540 g/mol. The van der Waals surface area contributed by atoms with Crippen molar-refractivity contribution >= 4 is 11.7 Å². The van der Waals surface area contributed by atoms with E-state index in [1.807, 2.05) is 79.7 Å². The Kier molecular flexibility index (Phi) is 15.9. The van der Waals surface area contributed by atoms with Gasteiger partial charge >= 0.3 is 5.97 Å². The van der Waals surface area contributed by atoms with Crippen molar-refractivity contribution in [2.24, 2.45) is 0 Å². The van der Waals surface area contributed by atoms with Gasteiger partial charge in [0, 0.05) is 5.69 Å². The summed E-state index contributed by atoms with van der Waals surface area (Å²) in [5.74, 6) is -0.843. The van der Waals surface area contributed by atoms with E-state index < -0.39 is 5.97 Å². The zero-order valence-corrected chi connectivity index (χ0v) is 28.5. The smallest absolute Gasteiger partial charge is 0.336 e. The molecule has 0 aliphatic rings. The number of nitrogens with two attached hydrogens (primary N) is 1. The molecule has 0 bridgehead atoms. The molecule has 0 saturated heterocycles. The number of nitrogen functional groups attached to an aromatic ring is 1. The van der Waals surface area contributed by atoms with Crippen LogP contribution in [0.1, 0.15) is 95.7 Å². The molecule has 4 rings (SSSR count). The molecule has 0 radical (unpaired) electrons. The Balaban J connectivity index is 0.000000558. The molecule has 236 valence electrons. The Morgan fingerprint density at radius 1 is 0.545 bits per heavy atom. The van der Waals surface area contributed by atoms with E-state index in [1.54, 1.807) is 0 Å². The van der Waals surface area contributed by atoms with Gasteiger partial charge in [-0.1, -0.05) is 78.2 Å². The highest BCUT2D eigenvalue weighted by Crippen LogP contribution is 2.18. The molecule has 0 saturated carbocycles. The predicted octanol–water partition coefficient (Wildman–Crippen LogP) is 10.5. The molecule has 4 heteroatoms. The van der Waals surface area contributed by atoms with Gasteiger partial charge in [0.1, 0.15) is 0 Å². The quantitative estimate of drug-likeness (QED) is 0.215. The number of aromatic carboxylic acids is 1. The second kappa shape index (κ2) is 17.7. The average Bonchev–Trinajstić information content (AvgIpc) is 2.86. The minimum atomic E-state index is -0.843. The van der Waals surface area contributed by atoms with Crippen LogP contribution in [0.15, 0.2) is 48.5 Å². The summed E-state index contributed by atoms with van der Waals surface area (Å²) >= 11 is 0. The maximum Gasteiger partial charge on any atom is 0.336 e. The molecule has 0 unspecified atom stereocenters. The van der Waals surface area contributed by atoms with Crippen molar-refractivity contribution in [1.82, 2.24) is 0 Å². The second-order valence-corrected chi connectivity index (χ2v) is 11.8. The van der Waals surface area contributed by atoms with Gasteiger partial charge in [0.2, 0.25) is 0 Å². The van der Waals surface area contributed by atoms with E-state index in [0.29, 0.717) is 5.56 Å². The van der Waals surface area contributed by atoms with Crippen LogP contribution in [0.2, 0.25) is 0 Å². The van der Waals surface area contributed by atoms with Gasteiger partial charge in [-0.15, -0.1) is 0 Å². The third-order valence-electron chi connectivity index (χ3n) is 7.49.